The quantitative estimate of drug-likeness (QED) is 0.774. The summed E-state index contributed by atoms with van der Waals surface area (Å²) >= 11 is 0. The smallest absolute Gasteiger partial charge is 0.242 e. The maximum atomic E-state index is 6.05. The summed E-state index contributed by atoms with van der Waals surface area (Å²) in [7, 11) is 0. The number of unbranched alkanes of at least 4 members (excludes halogenated alkanes) is 1. The van der Waals surface area contributed by atoms with Crippen molar-refractivity contribution >= 4 is 11.5 Å². The number of nitrogens with two attached hydrogens (primary N) is 1. The van der Waals surface area contributed by atoms with E-state index in [1.807, 2.05) is 6.92 Å². The Morgan fingerprint density at radius 2 is 1.89 bits per heavy atom. The molecule has 3 N–H and O–H groups in total. The van der Waals surface area contributed by atoms with E-state index < -0.39 is 0 Å². The van der Waals surface area contributed by atoms with Crippen LogP contribution in [0.25, 0.3) is 0 Å². The van der Waals surface area contributed by atoms with Crippen molar-refractivity contribution in [2.24, 2.45) is 0 Å². The zero-order valence-electron chi connectivity index (χ0n) is 12.7. The molecule has 1 aromatic rings. The highest BCUT2D eigenvalue weighted by molar-refractivity contribution is 5.67. The summed E-state index contributed by atoms with van der Waals surface area (Å²) in [6.07, 6.45) is 2.21. The van der Waals surface area contributed by atoms with Crippen LogP contribution in [0.2, 0.25) is 0 Å². The summed E-state index contributed by atoms with van der Waals surface area (Å²) in [4.78, 5) is 8.95. The number of nitrogens with zero attached hydrogens (tertiary/aromatic N) is 2. The molecule has 0 fully saturated rings. The van der Waals surface area contributed by atoms with Gasteiger partial charge in [0.05, 0.1) is 6.61 Å². The average molecular weight is 266 g/mol. The van der Waals surface area contributed by atoms with Crippen LogP contribution in [0.5, 0.6) is 5.88 Å². The van der Waals surface area contributed by atoms with Crippen LogP contribution in [-0.4, -0.2) is 23.1 Å². The standard InChI is InChI=1S/C14H26N4O/c1-6-8-9-16-11-10(15)12(19-7-2)18-13(17-11)14(3,4)5/h6-9,15H2,1-5H3,(H,16,17,18). The van der Waals surface area contributed by atoms with E-state index in [2.05, 4.69) is 43.0 Å². The van der Waals surface area contributed by atoms with E-state index in [1.54, 1.807) is 0 Å². The molecule has 0 spiro atoms. The zero-order chi connectivity index (χ0) is 14.5. The van der Waals surface area contributed by atoms with Crippen LogP contribution in [0.15, 0.2) is 0 Å². The number of hydrogen-bond donors (Lipinski definition) is 2. The van der Waals surface area contributed by atoms with Crippen LogP contribution < -0.4 is 15.8 Å². The molecule has 19 heavy (non-hydrogen) atoms. The van der Waals surface area contributed by atoms with E-state index in [1.165, 1.54) is 0 Å². The predicted molar refractivity (Wildman–Crippen MR) is 79.7 cm³/mol. The summed E-state index contributed by atoms with van der Waals surface area (Å²) in [5.74, 6) is 1.89. The number of nitrogens with one attached hydrogen (secondary N) is 1. The summed E-state index contributed by atoms with van der Waals surface area (Å²) in [6, 6.07) is 0. The topological polar surface area (TPSA) is 73.1 Å². The molecule has 1 aromatic heterocycles. The summed E-state index contributed by atoms with van der Waals surface area (Å²) in [5, 5.41) is 3.27. The summed E-state index contributed by atoms with van der Waals surface area (Å²) < 4.78 is 5.50. The third-order valence-corrected chi connectivity index (χ3v) is 2.69. The molecule has 5 heteroatoms. The van der Waals surface area contributed by atoms with Crippen LogP contribution in [0, 0.1) is 0 Å². The number of ether oxygens (including phenoxy) is 1. The number of rotatable bonds is 6. The summed E-state index contributed by atoms with van der Waals surface area (Å²) in [5.41, 5.74) is 6.40. The SMILES string of the molecule is CCCCNc1nc(C(C)(C)C)nc(OCC)c1N. The molecule has 0 unspecified atom stereocenters. The first-order valence-electron chi connectivity index (χ1n) is 6.94. The maximum absolute atomic E-state index is 6.05. The Bertz CT molecular complexity index is 413. The Balaban J connectivity index is 3.09. The maximum Gasteiger partial charge on any atom is 0.242 e. The Morgan fingerprint density at radius 1 is 1.21 bits per heavy atom. The van der Waals surface area contributed by atoms with Crippen molar-refractivity contribution in [1.29, 1.82) is 0 Å². The molecule has 0 aliphatic heterocycles. The van der Waals surface area contributed by atoms with Gasteiger partial charge in [-0.15, -0.1) is 0 Å². The molecule has 0 aliphatic rings. The van der Waals surface area contributed by atoms with E-state index >= 15 is 0 Å². The molecule has 1 rings (SSSR count). The van der Waals surface area contributed by atoms with E-state index in [0.717, 1.165) is 25.2 Å². The first-order valence-corrected chi connectivity index (χ1v) is 6.94. The lowest BCUT2D eigenvalue weighted by atomic mass is 9.96. The first kappa shape index (κ1) is 15.5. The molecule has 0 radical (unpaired) electrons. The van der Waals surface area contributed by atoms with Crippen molar-refractivity contribution < 1.29 is 4.74 Å². The van der Waals surface area contributed by atoms with Crippen LogP contribution in [0.4, 0.5) is 11.5 Å². The highest BCUT2D eigenvalue weighted by Gasteiger charge is 2.22. The molecule has 1 heterocycles. The van der Waals surface area contributed by atoms with Crippen molar-refractivity contribution in [3.05, 3.63) is 5.82 Å². The molecular formula is C14H26N4O. The van der Waals surface area contributed by atoms with E-state index in [9.17, 15) is 0 Å². The van der Waals surface area contributed by atoms with Crippen molar-refractivity contribution in [1.82, 2.24) is 9.97 Å². The Kier molecular flexibility index (Phi) is 5.39. The molecule has 0 atom stereocenters. The lowest BCUT2D eigenvalue weighted by Gasteiger charge is -2.20. The van der Waals surface area contributed by atoms with Crippen molar-refractivity contribution in [2.45, 2.75) is 52.9 Å². The van der Waals surface area contributed by atoms with Gasteiger partial charge in [-0.3, -0.25) is 0 Å². The molecule has 0 bridgehead atoms. The molecule has 108 valence electrons. The fraction of sp³-hybridized carbons (Fsp3) is 0.714. The van der Waals surface area contributed by atoms with Gasteiger partial charge in [0.1, 0.15) is 11.5 Å². The first-order chi connectivity index (χ1) is 8.90. The van der Waals surface area contributed by atoms with Crippen molar-refractivity contribution in [3.8, 4) is 5.88 Å². The van der Waals surface area contributed by atoms with Gasteiger partial charge >= 0.3 is 0 Å². The predicted octanol–water partition coefficient (Wildman–Crippen LogP) is 2.97. The van der Waals surface area contributed by atoms with Crippen molar-refractivity contribution in [3.63, 3.8) is 0 Å². The molecule has 0 saturated heterocycles. The number of anilines is 2. The fourth-order valence-corrected chi connectivity index (χ4v) is 1.55. The minimum Gasteiger partial charge on any atom is -0.476 e. The van der Waals surface area contributed by atoms with Gasteiger partial charge in [-0.05, 0) is 13.3 Å². The van der Waals surface area contributed by atoms with Gasteiger partial charge in [-0.1, -0.05) is 34.1 Å². The minimum absolute atomic E-state index is 0.138. The lowest BCUT2D eigenvalue weighted by molar-refractivity contribution is 0.324. The van der Waals surface area contributed by atoms with Gasteiger partial charge in [-0.2, -0.15) is 4.98 Å². The second-order valence-corrected chi connectivity index (χ2v) is 5.58. The van der Waals surface area contributed by atoms with Crippen LogP contribution >= 0.6 is 0 Å². The highest BCUT2D eigenvalue weighted by atomic mass is 16.5. The second-order valence-electron chi connectivity index (χ2n) is 5.58. The average Bonchev–Trinajstić information content (AvgIpc) is 2.32. The van der Waals surface area contributed by atoms with E-state index in [-0.39, 0.29) is 5.41 Å². The van der Waals surface area contributed by atoms with Crippen LogP contribution in [-0.2, 0) is 5.41 Å². The van der Waals surface area contributed by atoms with Crippen LogP contribution in [0.1, 0.15) is 53.3 Å². The molecule has 0 aromatic carbocycles. The Morgan fingerprint density at radius 3 is 2.42 bits per heavy atom. The molecular weight excluding hydrogens is 240 g/mol. The van der Waals surface area contributed by atoms with E-state index in [4.69, 9.17) is 10.5 Å². The van der Waals surface area contributed by atoms with Crippen molar-refractivity contribution in [2.75, 3.05) is 24.2 Å². The van der Waals surface area contributed by atoms with Gasteiger partial charge in [0.2, 0.25) is 5.88 Å². The monoisotopic (exact) mass is 266 g/mol. The number of nitrogen functional groups attached to an aromatic ring is 1. The van der Waals surface area contributed by atoms with Gasteiger partial charge in [0.15, 0.2) is 5.82 Å². The van der Waals surface area contributed by atoms with Crippen LogP contribution in [0.3, 0.4) is 0 Å². The second kappa shape index (κ2) is 6.59. The molecule has 0 saturated carbocycles. The Labute approximate surface area is 116 Å². The van der Waals surface area contributed by atoms with Gasteiger partial charge < -0.3 is 15.8 Å². The van der Waals surface area contributed by atoms with Gasteiger partial charge in [0.25, 0.3) is 0 Å². The zero-order valence-corrected chi connectivity index (χ0v) is 12.7. The number of hydrogen-bond acceptors (Lipinski definition) is 5. The number of aromatic nitrogens is 2. The van der Waals surface area contributed by atoms with Gasteiger partial charge in [0, 0.05) is 12.0 Å². The largest absolute Gasteiger partial charge is 0.476 e. The molecule has 0 aliphatic carbocycles. The normalized spacial score (nSPS) is 11.4. The lowest BCUT2D eigenvalue weighted by Crippen LogP contribution is -2.19. The fourth-order valence-electron chi connectivity index (χ4n) is 1.55. The molecule has 5 nitrogen and oxygen atoms in total. The van der Waals surface area contributed by atoms with Gasteiger partial charge in [-0.25, -0.2) is 4.98 Å². The Hall–Kier alpha value is -1.52. The van der Waals surface area contributed by atoms with E-state index in [0.29, 0.717) is 24.0 Å². The third-order valence-electron chi connectivity index (χ3n) is 2.69. The third kappa shape index (κ3) is 4.26. The summed E-state index contributed by atoms with van der Waals surface area (Å²) in [6.45, 7) is 11.7. The minimum atomic E-state index is -0.138. The highest BCUT2D eigenvalue weighted by Crippen LogP contribution is 2.30. The molecule has 0 amide bonds.